The minimum Gasteiger partial charge on any atom is -0.495 e. The number of ether oxygens (including phenoxy) is 1. The van der Waals surface area contributed by atoms with Crippen LogP contribution in [0, 0.1) is 6.92 Å². The van der Waals surface area contributed by atoms with Crippen molar-refractivity contribution in [3.63, 3.8) is 0 Å². The molecule has 0 amide bonds. The zero-order valence-corrected chi connectivity index (χ0v) is 20.8. The first-order valence-corrected chi connectivity index (χ1v) is 12.7. The van der Waals surface area contributed by atoms with E-state index in [9.17, 15) is 13.2 Å². The van der Waals surface area contributed by atoms with E-state index >= 15 is 0 Å². The van der Waals surface area contributed by atoms with Crippen LogP contribution in [0.3, 0.4) is 0 Å². The van der Waals surface area contributed by atoms with Crippen molar-refractivity contribution in [2.24, 2.45) is 0 Å². The van der Waals surface area contributed by atoms with Crippen LogP contribution in [-0.4, -0.2) is 25.3 Å². The highest BCUT2D eigenvalue weighted by Gasteiger charge is 2.18. The molecule has 0 saturated heterocycles. The molecule has 182 valence electrons. The van der Waals surface area contributed by atoms with Gasteiger partial charge in [-0.2, -0.15) is 0 Å². The Kier molecular flexibility index (Phi) is 6.03. The first-order chi connectivity index (χ1) is 17.3. The number of hydrogen-bond donors (Lipinski definition) is 1. The van der Waals surface area contributed by atoms with Gasteiger partial charge in [0.15, 0.2) is 5.82 Å². The summed E-state index contributed by atoms with van der Waals surface area (Å²) < 4.78 is 39.8. The van der Waals surface area contributed by atoms with Crippen molar-refractivity contribution in [2.45, 2.75) is 11.8 Å². The van der Waals surface area contributed by atoms with Crippen LogP contribution in [0.5, 0.6) is 5.75 Å². The Morgan fingerprint density at radius 1 is 1.03 bits per heavy atom. The SMILES string of the molecule is COc1cc(-c2cccc(Cl)c2C)ccc1-n1c(=O)ccc2cc(S(=O)(=O)Nc3ccon3)ccc21. The molecule has 0 aliphatic carbocycles. The van der Waals surface area contributed by atoms with Gasteiger partial charge in [0.1, 0.15) is 12.0 Å². The van der Waals surface area contributed by atoms with Crippen molar-refractivity contribution in [1.82, 2.24) is 9.72 Å². The van der Waals surface area contributed by atoms with Gasteiger partial charge in [-0.3, -0.25) is 14.1 Å². The first-order valence-electron chi connectivity index (χ1n) is 10.8. The summed E-state index contributed by atoms with van der Waals surface area (Å²) in [5.74, 6) is 0.547. The standard InChI is InChI=1S/C26H20ClN3O5S/c1-16-20(4-3-5-21(16)27)17-6-9-23(24(15-17)34-2)30-22-10-8-19(14-18(22)7-11-26(30)31)36(32,33)29-25-12-13-35-28-25/h3-15H,1-2H3,(H,28,29). The van der Waals surface area contributed by atoms with Crippen LogP contribution in [0.4, 0.5) is 5.82 Å². The van der Waals surface area contributed by atoms with Gasteiger partial charge in [-0.25, -0.2) is 8.42 Å². The smallest absolute Gasteiger partial charge is 0.263 e. The summed E-state index contributed by atoms with van der Waals surface area (Å²) in [6.45, 7) is 1.94. The summed E-state index contributed by atoms with van der Waals surface area (Å²) in [6.07, 6.45) is 1.27. The predicted molar refractivity (Wildman–Crippen MR) is 139 cm³/mol. The van der Waals surface area contributed by atoms with Crippen molar-refractivity contribution < 1.29 is 17.7 Å². The van der Waals surface area contributed by atoms with E-state index in [-0.39, 0.29) is 16.3 Å². The third kappa shape index (κ3) is 4.23. The van der Waals surface area contributed by atoms with E-state index in [4.69, 9.17) is 16.3 Å². The van der Waals surface area contributed by atoms with Crippen molar-refractivity contribution in [3.05, 3.63) is 100.0 Å². The average molecular weight is 522 g/mol. The van der Waals surface area contributed by atoms with Crippen LogP contribution in [0.15, 0.2) is 93.3 Å². The molecular weight excluding hydrogens is 502 g/mol. The monoisotopic (exact) mass is 521 g/mol. The maximum absolute atomic E-state index is 13.0. The molecule has 36 heavy (non-hydrogen) atoms. The largest absolute Gasteiger partial charge is 0.495 e. The van der Waals surface area contributed by atoms with Crippen LogP contribution in [0.2, 0.25) is 5.02 Å². The van der Waals surface area contributed by atoms with E-state index in [0.717, 1.165) is 16.7 Å². The maximum atomic E-state index is 13.0. The van der Waals surface area contributed by atoms with Crippen LogP contribution in [0.1, 0.15) is 5.56 Å². The number of anilines is 1. The second kappa shape index (κ2) is 9.18. The highest BCUT2D eigenvalue weighted by molar-refractivity contribution is 7.92. The van der Waals surface area contributed by atoms with Crippen LogP contribution in [-0.2, 0) is 10.0 Å². The van der Waals surface area contributed by atoms with E-state index in [0.29, 0.717) is 27.4 Å². The molecule has 10 heteroatoms. The van der Waals surface area contributed by atoms with Crippen molar-refractivity contribution >= 4 is 38.3 Å². The first kappa shape index (κ1) is 23.7. The molecule has 2 aromatic heterocycles. The van der Waals surface area contributed by atoms with Gasteiger partial charge in [-0.05, 0) is 66.1 Å². The van der Waals surface area contributed by atoms with Gasteiger partial charge in [0.05, 0.1) is 23.2 Å². The van der Waals surface area contributed by atoms with E-state index < -0.39 is 10.0 Å². The van der Waals surface area contributed by atoms with Gasteiger partial charge in [-0.1, -0.05) is 35.0 Å². The molecular formula is C26H20ClN3O5S. The Morgan fingerprint density at radius 2 is 1.86 bits per heavy atom. The molecule has 3 aromatic carbocycles. The lowest BCUT2D eigenvalue weighted by Crippen LogP contribution is -2.18. The lowest BCUT2D eigenvalue weighted by atomic mass is 10.00. The lowest BCUT2D eigenvalue weighted by molar-refractivity contribution is 0.413. The van der Waals surface area contributed by atoms with Gasteiger partial charge in [0.25, 0.3) is 15.6 Å². The zero-order valence-electron chi connectivity index (χ0n) is 19.2. The topological polar surface area (TPSA) is 103 Å². The number of fused-ring (bicyclic) bond motifs is 1. The highest BCUT2D eigenvalue weighted by Crippen LogP contribution is 2.34. The molecule has 0 unspecified atom stereocenters. The minimum absolute atomic E-state index is 0.0157. The average Bonchev–Trinajstić information content (AvgIpc) is 3.37. The van der Waals surface area contributed by atoms with Crippen LogP contribution >= 0.6 is 11.6 Å². The summed E-state index contributed by atoms with van der Waals surface area (Å²) in [5.41, 5.74) is 3.53. The number of pyridine rings is 1. The van der Waals surface area contributed by atoms with Crippen LogP contribution in [0.25, 0.3) is 27.7 Å². The fraction of sp³-hybridized carbons (Fsp3) is 0.0769. The van der Waals surface area contributed by atoms with Crippen molar-refractivity contribution in [2.75, 3.05) is 11.8 Å². The number of rotatable bonds is 6. The number of aromatic nitrogens is 2. The van der Waals surface area contributed by atoms with E-state index in [2.05, 4.69) is 14.4 Å². The number of benzene rings is 3. The number of sulfonamides is 1. The number of nitrogens with zero attached hydrogens (tertiary/aromatic N) is 2. The summed E-state index contributed by atoms with van der Waals surface area (Å²) in [5, 5.41) is 4.79. The molecule has 0 radical (unpaired) electrons. The minimum atomic E-state index is -3.91. The Balaban J connectivity index is 1.62. The molecule has 0 aliphatic rings. The number of nitrogens with one attached hydrogen (secondary N) is 1. The molecule has 8 nitrogen and oxygen atoms in total. The Bertz CT molecular complexity index is 1760. The lowest BCUT2D eigenvalue weighted by Gasteiger charge is -2.16. The summed E-state index contributed by atoms with van der Waals surface area (Å²) in [6, 6.07) is 20.1. The van der Waals surface area contributed by atoms with E-state index in [1.165, 1.54) is 42.2 Å². The molecule has 5 rings (SSSR count). The second-order valence-corrected chi connectivity index (χ2v) is 10.1. The third-order valence-electron chi connectivity index (χ3n) is 5.85. The van der Waals surface area contributed by atoms with Crippen molar-refractivity contribution in [3.8, 4) is 22.6 Å². The predicted octanol–water partition coefficient (Wildman–Crippen LogP) is 5.42. The maximum Gasteiger partial charge on any atom is 0.263 e. The second-order valence-electron chi connectivity index (χ2n) is 8.02. The van der Waals surface area contributed by atoms with Gasteiger partial charge in [0.2, 0.25) is 0 Å². The molecule has 0 fully saturated rings. The normalized spacial score (nSPS) is 11.5. The van der Waals surface area contributed by atoms with Gasteiger partial charge >= 0.3 is 0 Å². The summed E-state index contributed by atoms with van der Waals surface area (Å²) in [4.78, 5) is 13.0. The molecule has 0 atom stereocenters. The Morgan fingerprint density at radius 3 is 2.61 bits per heavy atom. The van der Waals surface area contributed by atoms with Gasteiger partial charge < -0.3 is 9.26 Å². The van der Waals surface area contributed by atoms with Gasteiger partial charge in [0, 0.05) is 22.5 Å². The van der Waals surface area contributed by atoms with Crippen LogP contribution < -0.4 is 15.0 Å². The number of hydrogen-bond acceptors (Lipinski definition) is 6. The number of methoxy groups -OCH3 is 1. The molecule has 0 saturated carbocycles. The third-order valence-corrected chi connectivity index (χ3v) is 7.61. The Labute approximate surface area is 211 Å². The van der Waals surface area contributed by atoms with E-state index in [1.807, 2.05) is 37.3 Å². The van der Waals surface area contributed by atoms with Crippen molar-refractivity contribution in [1.29, 1.82) is 0 Å². The highest BCUT2D eigenvalue weighted by atomic mass is 35.5. The molecule has 0 bridgehead atoms. The fourth-order valence-electron chi connectivity index (χ4n) is 4.05. The molecule has 0 spiro atoms. The molecule has 1 N–H and O–H groups in total. The quantitative estimate of drug-likeness (QED) is 0.320. The molecule has 2 heterocycles. The fourth-order valence-corrected chi connectivity index (χ4v) is 5.25. The van der Waals surface area contributed by atoms with E-state index in [1.54, 1.807) is 18.2 Å². The molecule has 5 aromatic rings. The van der Waals surface area contributed by atoms with Gasteiger partial charge in [-0.15, -0.1) is 0 Å². The summed E-state index contributed by atoms with van der Waals surface area (Å²) >= 11 is 6.30. The molecule has 0 aliphatic heterocycles. The zero-order chi connectivity index (χ0) is 25.4. The summed E-state index contributed by atoms with van der Waals surface area (Å²) in [7, 11) is -2.38. The number of halogens is 1. The Hall–Kier alpha value is -4.08.